The fraction of sp³-hybridized carbons (Fsp3) is 0.174. The van der Waals surface area contributed by atoms with Gasteiger partial charge in [-0.05, 0) is 48.5 Å². The molecule has 3 rings (SSSR count). The summed E-state index contributed by atoms with van der Waals surface area (Å²) in [5.74, 6) is -0.662. The maximum Gasteiger partial charge on any atom is 1.00 e. The van der Waals surface area contributed by atoms with E-state index in [-0.39, 0.29) is 48.7 Å². The molecule has 0 atom stereocenters. The molecule has 1 heterocycles. The number of benzene rings is 2. The third kappa shape index (κ3) is 8.24. The van der Waals surface area contributed by atoms with Crippen LogP contribution in [-0.2, 0) is 4.74 Å². The molecule has 0 saturated carbocycles. The zero-order valence-corrected chi connectivity index (χ0v) is 19.9. The van der Waals surface area contributed by atoms with E-state index < -0.39 is 11.9 Å². The van der Waals surface area contributed by atoms with Gasteiger partial charge in [0.1, 0.15) is 18.2 Å². The molecule has 0 unspecified atom stereocenters. The SMILES string of the molecule is O=C(Nc1ccc(OCCOCCNc2ccccn2)cc1C(=O)O)c1ccc(Cl)cc1Cl.[H-].[Li+]. The molecule has 0 saturated heterocycles. The van der Waals surface area contributed by atoms with Crippen molar-refractivity contribution in [2.75, 3.05) is 37.0 Å². The predicted molar refractivity (Wildman–Crippen MR) is 128 cm³/mol. The van der Waals surface area contributed by atoms with E-state index in [0.29, 0.717) is 30.5 Å². The molecule has 8 nitrogen and oxygen atoms in total. The number of hydrogen-bond donors (Lipinski definition) is 3. The Morgan fingerprint density at radius 2 is 1.82 bits per heavy atom. The number of aromatic carboxylic acids is 1. The Hall–Kier alpha value is -2.73. The number of rotatable bonds is 11. The molecular formula is C23H22Cl2LiN3O5. The van der Waals surface area contributed by atoms with Gasteiger partial charge >= 0.3 is 24.8 Å². The van der Waals surface area contributed by atoms with Gasteiger partial charge in [-0.2, -0.15) is 0 Å². The average Bonchev–Trinajstić information content (AvgIpc) is 2.79. The molecular weight excluding hydrogens is 476 g/mol. The molecule has 3 aromatic rings. The molecule has 0 spiro atoms. The number of carbonyl (C=O) groups is 2. The van der Waals surface area contributed by atoms with E-state index in [1.807, 2.05) is 18.2 Å². The van der Waals surface area contributed by atoms with E-state index in [0.717, 1.165) is 5.82 Å². The first-order valence-corrected chi connectivity index (χ1v) is 10.7. The van der Waals surface area contributed by atoms with Crippen molar-refractivity contribution >= 4 is 46.6 Å². The number of hydrogen-bond acceptors (Lipinski definition) is 6. The number of nitrogens with one attached hydrogen (secondary N) is 2. The fourth-order valence-corrected chi connectivity index (χ4v) is 3.30. The Balaban J connectivity index is 0.00000306. The number of ether oxygens (including phenoxy) is 2. The van der Waals surface area contributed by atoms with Crippen molar-refractivity contribution < 1.29 is 44.5 Å². The van der Waals surface area contributed by atoms with Crippen LogP contribution in [0.15, 0.2) is 60.8 Å². The molecule has 11 heteroatoms. The summed E-state index contributed by atoms with van der Waals surface area (Å²) in [6.45, 7) is 1.60. The van der Waals surface area contributed by atoms with Gasteiger partial charge in [-0.15, -0.1) is 0 Å². The number of anilines is 2. The molecule has 0 fully saturated rings. The van der Waals surface area contributed by atoms with Gasteiger partial charge in [0.15, 0.2) is 0 Å². The first-order valence-electron chi connectivity index (χ1n) is 9.93. The number of aromatic nitrogens is 1. The second kappa shape index (κ2) is 13.8. The largest absolute Gasteiger partial charge is 1.00 e. The smallest absolute Gasteiger partial charge is 1.00 e. The second-order valence-electron chi connectivity index (χ2n) is 6.69. The molecule has 1 aromatic heterocycles. The number of nitrogens with zero attached hydrogens (tertiary/aromatic N) is 1. The number of carboxylic acid groups (broad SMARTS) is 1. The zero-order valence-electron chi connectivity index (χ0n) is 19.4. The predicted octanol–water partition coefficient (Wildman–Crippen LogP) is 1.96. The molecule has 0 aliphatic carbocycles. The summed E-state index contributed by atoms with van der Waals surface area (Å²) < 4.78 is 11.1. The van der Waals surface area contributed by atoms with E-state index in [4.69, 9.17) is 32.7 Å². The van der Waals surface area contributed by atoms with Gasteiger partial charge in [0.25, 0.3) is 5.91 Å². The monoisotopic (exact) mass is 497 g/mol. The molecule has 34 heavy (non-hydrogen) atoms. The van der Waals surface area contributed by atoms with Gasteiger partial charge < -0.3 is 26.6 Å². The summed E-state index contributed by atoms with van der Waals surface area (Å²) in [4.78, 5) is 28.3. The van der Waals surface area contributed by atoms with Gasteiger partial charge in [-0.1, -0.05) is 29.3 Å². The standard InChI is InChI=1S/C23H21Cl2N3O5.Li.H/c24-15-4-6-17(19(25)13-15)22(29)28-20-7-5-16(14-18(20)23(30)31)33-12-11-32-10-9-27-21-3-1-2-8-26-21;;/h1-8,13-14H,9-12H2,(H,26,27)(H,28,29)(H,30,31);;/q;+1;-1. The summed E-state index contributed by atoms with van der Waals surface area (Å²) in [6, 6.07) is 14.4. The second-order valence-corrected chi connectivity index (χ2v) is 7.54. The third-order valence-electron chi connectivity index (χ3n) is 4.36. The summed E-state index contributed by atoms with van der Waals surface area (Å²) in [7, 11) is 0. The normalized spacial score (nSPS) is 10.2. The third-order valence-corrected chi connectivity index (χ3v) is 4.91. The van der Waals surface area contributed by atoms with E-state index in [2.05, 4.69) is 15.6 Å². The van der Waals surface area contributed by atoms with Crippen molar-refractivity contribution in [1.82, 2.24) is 4.98 Å². The number of carbonyl (C=O) groups excluding carboxylic acids is 1. The summed E-state index contributed by atoms with van der Waals surface area (Å²) >= 11 is 11.9. The van der Waals surface area contributed by atoms with E-state index in [9.17, 15) is 14.7 Å². The van der Waals surface area contributed by atoms with Crippen LogP contribution in [0.3, 0.4) is 0 Å². The van der Waals surface area contributed by atoms with Crippen LogP contribution in [0, 0.1) is 0 Å². The molecule has 1 amide bonds. The van der Waals surface area contributed by atoms with Crippen molar-refractivity contribution in [2.24, 2.45) is 0 Å². The van der Waals surface area contributed by atoms with Crippen LogP contribution >= 0.6 is 23.2 Å². The van der Waals surface area contributed by atoms with Gasteiger partial charge in [0, 0.05) is 17.8 Å². The molecule has 0 aliphatic heterocycles. The first kappa shape index (κ1) is 27.5. The van der Waals surface area contributed by atoms with Crippen LogP contribution < -0.4 is 34.2 Å². The minimum absolute atomic E-state index is 0. The molecule has 174 valence electrons. The molecule has 2 aromatic carbocycles. The van der Waals surface area contributed by atoms with Crippen molar-refractivity contribution in [2.45, 2.75) is 0 Å². The van der Waals surface area contributed by atoms with E-state index in [1.54, 1.807) is 12.3 Å². The first-order chi connectivity index (χ1) is 15.9. The van der Waals surface area contributed by atoms with Crippen molar-refractivity contribution in [3.8, 4) is 5.75 Å². The van der Waals surface area contributed by atoms with Crippen LogP contribution in [0.4, 0.5) is 11.5 Å². The summed E-state index contributed by atoms with van der Waals surface area (Å²) in [5.41, 5.74) is 0.168. The fourth-order valence-electron chi connectivity index (χ4n) is 2.80. The Kier molecular flexibility index (Phi) is 11.2. The zero-order chi connectivity index (χ0) is 23.6. The van der Waals surface area contributed by atoms with Gasteiger partial charge in [-0.25, -0.2) is 9.78 Å². The van der Waals surface area contributed by atoms with Gasteiger partial charge in [0.05, 0.1) is 35.1 Å². The van der Waals surface area contributed by atoms with E-state index in [1.165, 1.54) is 30.3 Å². The van der Waals surface area contributed by atoms with E-state index >= 15 is 0 Å². The van der Waals surface area contributed by atoms with Crippen LogP contribution in [0.2, 0.25) is 10.0 Å². The van der Waals surface area contributed by atoms with Gasteiger partial charge in [-0.3, -0.25) is 4.79 Å². The summed E-state index contributed by atoms with van der Waals surface area (Å²) in [6.07, 6.45) is 1.70. The number of carboxylic acids is 1. The molecule has 3 N–H and O–H groups in total. The minimum atomic E-state index is -1.21. The van der Waals surface area contributed by atoms with Crippen LogP contribution in [0.5, 0.6) is 5.75 Å². The Morgan fingerprint density at radius 1 is 1.00 bits per heavy atom. The van der Waals surface area contributed by atoms with Crippen LogP contribution in [0.1, 0.15) is 22.1 Å². The minimum Gasteiger partial charge on any atom is -1.00 e. The average molecular weight is 498 g/mol. The van der Waals surface area contributed by atoms with Crippen LogP contribution in [0.25, 0.3) is 0 Å². The number of amides is 1. The molecule has 0 aliphatic rings. The Morgan fingerprint density at radius 3 is 2.53 bits per heavy atom. The van der Waals surface area contributed by atoms with Crippen molar-refractivity contribution in [1.29, 1.82) is 0 Å². The maximum atomic E-state index is 12.5. The Labute approximate surface area is 220 Å². The van der Waals surface area contributed by atoms with Gasteiger partial charge in [0.2, 0.25) is 0 Å². The van der Waals surface area contributed by atoms with Crippen molar-refractivity contribution in [3.05, 3.63) is 82.0 Å². The quantitative estimate of drug-likeness (QED) is 0.274. The van der Waals surface area contributed by atoms with Crippen molar-refractivity contribution in [3.63, 3.8) is 0 Å². The molecule has 0 bridgehead atoms. The maximum absolute atomic E-state index is 12.5. The topological polar surface area (TPSA) is 110 Å². The summed E-state index contributed by atoms with van der Waals surface area (Å²) in [5, 5.41) is 15.8. The van der Waals surface area contributed by atoms with Crippen LogP contribution in [-0.4, -0.2) is 48.3 Å². The number of halogens is 2. The number of pyridine rings is 1. The Bertz CT molecular complexity index is 1130. The molecule has 0 radical (unpaired) electrons.